The molecule has 24 heavy (non-hydrogen) atoms. The van der Waals surface area contributed by atoms with E-state index >= 15 is 0 Å². The normalized spacial score (nSPS) is 12.5. The lowest BCUT2D eigenvalue weighted by Gasteiger charge is -2.23. The maximum Gasteiger partial charge on any atom is 0.241 e. The topological polar surface area (TPSA) is 66.5 Å². The summed E-state index contributed by atoms with van der Waals surface area (Å²) >= 11 is 3.31. The van der Waals surface area contributed by atoms with Crippen molar-refractivity contribution in [2.45, 2.75) is 13.0 Å². The fourth-order valence-electron chi connectivity index (χ4n) is 2.27. The van der Waals surface area contributed by atoms with E-state index in [2.05, 4.69) is 21.2 Å². The van der Waals surface area contributed by atoms with Crippen molar-refractivity contribution in [3.05, 3.63) is 64.6 Å². The van der Waals surface area contributed by atoms with Crippen LogP contribution in [-0.2, 0) is 14.8 Å². The highest BCUT2D eigenvalue weighted by Gasteiger charge is 2.22. The standard InChI is InChI=1S/C17H19BrN2O3S/c1-13(14-7-4-3-5-8-14)19-17(21)12-20(24(2,22)23)16-10-6-9-15(18)11-16/h3-11,13H,12H2,1-2H3,(H,19,21). The van der Waals surface area contributed by atoms with Gasteiger partial charge in [-0.25, -0.2) is 8.42 Å². The Labute approximate surface area is 150 Å². The molecule has 5 nitrogen and oxygen atoms in total. The minimum Gasteiger partial charge on any atom is -0.348 e. The second-order valence-electron chi connectivity index (χ2n) is 5.45. The summed E-state index contributed by atoms with van der Waals surface area (Å²) in [5, 5.41) is 2.83. The van der Waals surface area contributed by atoms with Crippen molar-refractivity contribution in [2.75, 3.05) is 17.1 Å². The van der Waals surface area contributed by atoms with E-state index in [4.69, 9.17) is 0 Å². The van der Waals surface area contributed by atoms with E-state index in [1.165, 1.54) is 0 Å². The smallest absolute Gasteiger partial charge is 0.241 e. The van der Waals surface area contributed by atoms with Crippen molar-refractivity contribution in [2.24, 2.45) is 0 Å². The van der Waals surface area contributed by atoms with E-state index in [-0.39, 0.29) is 18.5 Å². The van der Waals surface area contributed by atoms with Crippen LogP contribution in [0.1, 0.15) is 18.5 Å². The molecule has 0 spiro atoms. The number of nitrogens with zero attached hydrogens (tertiary/aromatic N) is 1. The van der Waals surface area contributed by atoms with Gasteiger partial charge in [0.2, 0.25) is 15.9 Å². The molecule has 1 amide bonds. The summed E-state index contributed by atoms with van der Waals surface area (Å²) in [4.78, 5) is 12.3. The molecule has 0 fully saturated rings. The van der Waals surface area contributed by atoms with Crippen molar-refractivity contribution in [3.8, 4) is 0 Å². The van der Waals surface area contributed by atoms with Crippen LogP contribution in [0, 0.1) is 0 Å². The molecule has 7 heteroatoms. The zero-order chi connectivity index (χ0) is 17.7. The number of nitrogens with one attached hydrogen (secondary N) is 1. The van der Waals surface area contributed by atoms with Crippen LogP contribution in [-0.4, -0.2) is 27.1 Å². The highest BCUT2D eigenvalue weighted by molar-refractivity contribution is 9.10. The van der Waals surface area contributed by atoms with Gasteiger partial charge < -0.3 is 5.32 Å². The molecule has 0 saturated heterocycles. The van der Waals surface area contributed by atoms with Crippen LogP contribution in [0.15, 0.2) is 59.1 Å². The van der Waals surface area contributed by atoms with Gasteiger partial charge in [-0.05, 0) is 30.7 Å². The number of anilines is 1. The van der Waals surface area contributed by atoms with Gasteiger partial charge in [0.25, 0.3) is 0 Å². The number of carbonyl (C=O) groups excluding carboxylic acids is 1. The van der Waals surface area contributed by atoms with Crippen LogP contribution >= 0.6 is 15.9 Å². The minimum atomic E-state index is -3.58. The number of amides is 1. The van der Waals surface area contributed by atoms with Crippen LogP contribution in [0.4, 0.5) is 5.69 Å². The first-order valence-corrected chi connectivity index (χ1v) is 9.99. The molecule has 1 N–H and O–H groups in total. The number of hydrogen-bond acceptors (Lipinski definition) is 3. The fraction of sp³-hybridized carbons (Fsp3) is 0.235. The van der Waals surface area contributed by atoms with Crippen molar-refractivity contribution in [3.63, 3.8) is 0 Å². The second-order valence-corrected chi connectivity index (χ2v) is 8.27. The Hall–Kier alpha value is -1.86. The maximum absolute atomic E-state index is 12.3. The highest BCUT2D eigenvalue weighted by atomic mass is 79.9. The quantitative estimate of drug-likeness (QED) is 0.795. The molecular formula is C17H19BrN2O3S. The Morgan fingerprint density at radius 3 is 2.42 bits per heavy atom. The van der Waals surface area contributed by atoms with Crippen molar-refractivity contribution >= 4 is 37.5 Å². The molecule has 0 aliphatic heterocycles. The third-order valence-electron chi connectivity index (χ3n) is 3.46. The Kier molecular flexibility index (Phi) is 6.01. The van der Waals surface area contributed by atoms with Gasteiger partial charge in [0.1, 0.15) is 6.54 Å². The summed E-state index contributed by atoms with van der Waals surface area (Å²) in [6.07, 6.45) is 1.09. The maximum atomic E-state index is 12.3. The lowest BCUT2D eigenvalue weighted by molar-refractivity contribution is -0.120. The molecule has 0 aliphatic carbocycles. The average Bonchev–Trinajstić information content (AvgIpc) is 2.52. The lowest BCUT2D eigenvalue weighted by atomic mass is 10.1. The molecule has 2 aromatic carbocycles. The molecule has 128 valence electrons. The molecule has 0 aromatic heterocycles. The summed E-state index contributed by atoms with van der Waals surface area (Å²) in [6, 6.07) is 16.1. The monoisotopic (exact) mass is 410 g/mol. The zero-order valence-electron chi connectivity index (χ0n) is 13.4. The highest BCUT2D eigenvalue weighted by Crippen LogP contribution is 2.22. The Balaban J connectivity index is 2.14. The number of halogens is 1. The summed E-state index contributed by atoms with van der Waals surface area (Å²) in [5.74, 6) is -0.364. The lowest BCUT2D eigenvalue weighted by Crippen LogP contribution is -2.41. The minimum absolute atomic E-state index is 0.206. The van der Waals surface area contributed by atoms with Crippen LogP contribution < -0.4 is 9.62 Å². The zero-order valence-corrected chi connectivity index (χ0v) is 15.8. The largest absolute Gasteiger partial charge is 0.348 e. The van der Waals surface area contributed by atoms with Gasteiger partial charge in [-0.2, -0.15) is 0 Å². The van der Waals surface area contributed by atoms with E-state index < -0.39 is 10.0 Å². The van der Waals surface area contributed by atoms with Gasteiger partial charge in [0.05, 0.1) is 18.0 Å². The number of rotatable bonds is 6. The number of carbonyl (C=O) groups is 1. The molecule has 0 aliphatic rings. The van der Waals surface area contributed by atoms with Gasteiger partial charge >= 0.3 is 0 Å². The molecule has 0 radical (unpaired) electrons. The van der Waals surface area contributed by atoms with E-state index in [1.807, 2.05) is 37.3 Å². The molecule has 1 unspecified atom stereocenters. The van der Waals surface area contributed by atoms with Crippen molar-refractivity contribution in [1.29, 1.82) is 0 Å². The SMILES string of the molecule is CC(NC(=O)CN(c1cccc(Br)c1)S(C)(=O)=O)c1ccccc1. The third kappa shape index (κ3) is 5.07. The fourth-order valence-corrected chi connectivity index (χ4v) is 3.51. The van der Waals surface area contributed by atoms with E-state index in [0.29, 0.717) is 5.69 Å². The van der Waals surface area contributed by atoms with Gasteiger partial charge in [0, 0.05) is 4.47 Å². The van der Waals surface area contributed by atoms with Gasteiger partial charge in [0.15, 0.2) is 0 Å². The molecule has 0 saturated carbocycles. The first-order chi connectivity index (χ1) is 11.3. The first kappa shape index (κ1) is 18.5. The number of hydrogen-bond donors (Lipinski definition) is 1. The average molecular weight is 411 g/mol. The second kappa shape index (κ2) is 7.81. The van der Waals surface area contributed by atoms with Gasteiger partial charge in [-0.15, -0.1) is 0 Å². The van der Waals surface area contributed by atoms with E-state index in [1.54, 1.807) is 24.3 Å². The molecule has 2 rings (SSSR count). The summed E-state index contributed by atoms with van der Waals surface area (Å²) < 4.78 is 26.0. The predicted molar refractivity (Wildman–Crippen MR) is 99.3 cm³/mol. The van der Waals surface area contributed by atoms with Gasteiger partial charge in [-0.1, -0.05) is 52.3 Å². The Bertz CT molecular complexity index is 810. The van der Waals surface area contributed by atoms with E-state index in [0.717, 1.165) is 20.6 Å². The van der Waals surface area contributed by atoms with Crippen LogP contribution in [0.2, 0.25) is 0 Å². The molecule has 2 aromatic rings. The molecule has 0 heterocycles. The first-order valence-electron chi connectivity index (χ1n) is 7.35. The van der Waals surface area contributed by atoms with Crippen LogP contribution in [0.25, 0.3) is 0 Å². The van der Waals surface area contributed by atoms with Crippen molar-refractivity contribution < 1.29 is 13.2 Å². The Morgan fingerprint density at radius 2 is 1.83 bits per heavy atom. The third-order valence-corrected chi connectivity index (χ3v) is 5.09. The van der Waals surface area contributed by atoms with Crippen LogP contribution in [0.5, 0.6) is 0 Å². The summed E-state index contributed by atoms with van der Waals surface area (Å²) in [5.41, 5.74) is 1.40. The predicted octanol–water partition coefficient (Wildman–Crippen LogP) is 3.09. The van der Waals surface area contributed by atoms with E-state index in [9.17, 15) is 13.2 Å². The molecule has 1 atom stereocenters. The summed E-state index contributed by atoms with van der Waals surface area (Å²) in [6.45, 7) is 1.59. The summed E-state index contributed by atoms with van der Waals surface area (Å²) in [7, 11) is -3.58. The number of benzene rings is 2. The van der Waals surface area contributed by atoms with Crippen molar-refractivity contribution in [1.82, 2.24) is 5.32 Å². The molecule has 0 bridgehead atoms. The van der Waals surface area contributed by atoms with Crippen LogP contribution in [0.3, 0.4) is 0 Å². The van der Waals surface area contributed by atoms with Gasteiger partial charge in [-0.3, -0.25) is 9.10 Å². The molecular weight excluding hydrogens is 392 g/mol. The Morgan fingerprint density at radius 1 is 1.17 bits per heavy atom. The number of sulfonamides is 1.